The van der Waals surface area contributed by atoms with E-state index in [1.807, 2.05) is 18.2 Å². The lowest BCUT2D eigenvalue weighted by Crippen LogP contribution is -2.24. The summed E-state index contributed by atoms with van der Waals surface area (Å²) in [4.78, 5) is 16.5. The van der Waals surface area contributed by atoms with Gasteiger partial charge in [-0.25, -0.2) is 4.98 Å². The second-order valence-corrected chi connectivity index (χ2v) is 8.00. The molecule has 1 aliphatic rings. The fourth-order valence-corrected chi connectivity index (χ4v) is 3.87. The van der Waals surface area contributed by atoms with Crippen LogP contribution in [0.1, 0.15) is 26.5 Å². The molecule has 0 saturated carbocycles. The Morgan fingerprint density at radius 2 is 2.14 bits per heavy atom. The Kier molecular flexibility index (Phi) is 5.72. The maximum Gasteiger partial charge on any atom is 0.257 e. The van der Waals surface area contributed by atoms with Crippen LogP contribution in [0.5, 0.6) is 5.88 Å². The van der Waals surface area contributed by atoms with Gasteiger partial charge in [-0.15, -0.1) is 10.2 Å². The van der Waals surface area contributed by atoms with Crippen molar-refractivity contribution in [2.24, 2.45) is 0 Å². The summed E-state index contributed by atoms with van der Waals surface area (Å²) < 4.78 is 5.53. The fourth-order valence-electron chi connectivity index (χ4n) is 2.79. The van der Waals surface area contributed by atoms with Gasteiger partial charge in [0.1, 0.15) is 11.6 Å². The zero-order valence-corrected chi connectivity index (χ0v) is 16.9. The van der Waals surface area contributed by atoms with Crippen molar-refractivity contribution in [1.82, 2.24) is 20.5 Å². The van der Waals surface area contributed by atoms with E-state index in [9.17, 15) is 4.79 Å². The first-order chi connectivity index (χ1) is 13.6. The number of rotatable bonds is 5. The van der Waals surface area contributed by atoms with Crippen LogP contribution in [0.4, 0.5) is 5.13 Å². The Morgan fingerprint density at radius 1 is 1.25 bits per heavy atom. The molecule has 0 unspecified atom stereocenters. The van der Waals surface area contributed by atoms with E-state index in [1.165, 1.54) is 28.7 Å². The van der Waals surface area contributed by atoms with Crippen LogP contribution in [0.25, 0.3) is 0 Å². The second kappa shape index (κ2) is 8.40. The van der Waals surface area contributed by atoms with Crippen LogP contribution >= 0.6 is 34.5 Å². The quantitative estimate of drug-likeness (QED) is 0.634. The van der Waals surface area contributed by atoms with Crippen molar-refractivity contribution in [3.63, 3.8) is 0 Å². The number of amides is 1. The fraction of sp³-hybridized carbons (Fsp3) is 0.222. The molecule has 0 bridgehead atoms. The molecule has 0 fully saturated rings. The smallest absolute Gasteiger partial charge is 0.257 e. The molecular weight excluding hydrogens is 421 g/mol. The SMILES string of the molecule is O=C(Nc1nnc(COc2ncc(Cl)cc2Cl)s1)c1ccc2c(c1)CCNC2. The highest BCUT2D eigenvalue weighted by Crippen LogP contribution is 2.26. The Balaban J connectivity index is 1.38. The highest BCUT2D eigenvalue weighted by Gasteiger charge is 2.15. The van der Waals surface area contributed by atoms with E-state index in [2.05, 4.69) is 25.8 Å². The summed E-state index contributed by atoms with van der Waals surface area (Å²) in [6.45, 7) is 1.89. The van der Waals surface area contributed by atoms with Crippen molar-refractivity contribution in [3.8, 4) is 5.88 Å². The Bertz CT molecular complexity index is 1030. The lowest BCUT2D eigenvalue weighted by atomic mass is 9.98. The molecule has 144 valence electrons. The first kappa shape index (κ1) is 19.1. The highest BCUT2D eigenvalue weighted by molar-refractivity contribution is 7.15. The van der Waals surface area contributed by atoms with Crippen LogP contribution in [0.15, 0.2) is 30.5 Å². The highest BCUT2D eigenvalue weighted by atomic mass is 35.5. The molecule has 1 aliphatic heterocycles. The first-order valence-electron chi connectivity index (χ1n) is 8.48. The molecule has 1 aromatic carbocycles. The van der Waals surface area contributed by atoms with Crippen molar-refractivity contribution in [2.45, 2.75) is 19.6 Å². The minimum absolute atomic E-state index is 0.133. The van der Waals surface area contributed by atoms with Gasteiger partial charge in [0, 0.05) is 18.3 Å². The number of nitrogens with one attached hydrogen (secondary N) is 2. The summed E-state index contributed by atoms with van der Waals surface area (Å²) in [6, 6.07) is 7.29. The van der Waals surface area contributed by atoms with Gasteiger partial charge in [-0.2, -0.15) is 0 Å². The first-order valence-corrected chi connectivity index (χ1v) is 10.1. The zero-order valence-electron chi connectivity index (χ0n) is 14.5. The van der Waals surface area contributed by atoms with Gasteiger partial charge in [-0.3, -0.25) is 10.1 Å². The van der Waals surface area contributed by atoms with E-state index in [0.29, 0.717) is 25.7 Å². The van der Waals surface area contributed by atoms with Gasteiger partial charge in [0.2, 0.25) is 11.0 Å². The van der Waals surface area contributed by atoms with Crippen LogP contribution in [0.3, 0.4) is 0 Å². The molecule has 0 aliphatic carbocycles. The van der Waals surface area contributed by atoms with Gasteiger partial charge in [-0.05, 0) is 42.3 Å². The number of aromatic nitrogens is 3. The van der Waals surface area contributed by atoms with E-state index in [1.54, 1.807) is 6.07 Å². The van der Waals surface area contributed by atoms with E-state index in [4.69, 9.17) is 27.9 Å². The third-order valence-corrected chi connectivity index (χ3v) is 5.44. The van der Waals surface area contributed by atoms with Crippen LogP contribution in [0.2, 0.25) is 10.0 Å². The van der Waals surface area contributed by atoms with Crippen molar-refractivity contribution in [3.05, 3.63) is 62.2 Å². The lowest BCUT2D eigenvalue weighted by molar-refractivity contribution is 0.102. The predicted octanol–water partition coefficient (Wildman–Crippen LogP) is 3.72. The number of carbonyl (C=O) groups excluding carboxylic acids is 1. The van der Waals surface area contributed by atoms with Crippen molar-refractivity contribution >= 4 is 45.6 Å². The molecular formula is C18H15Cl2N5O2S. The molecule has 3 heterocycles. The number of benzene rings is 1. The van der Waals surface area contributed by atoms with Crippen molar-refractivity contribution in [2.75, 3.05) is 11.9 Å². The monoisotopic (exact) mass is 435 g/mol. The standard InChI is InChI=1S/C18H15Cl2N5O2S/c19-13-6-14(20)17(22-8-13)27-9-15-24-25-18(28-15)23-16(26)11-1-2-12-7-21-4-3-10(12)5-11/h1-2,5-6,8,21H,3-4,7,9H2,(H,23,25,26). The van der Waals surface area contributed by atoms with Crippen LogP contribution in [0, 0.1) is 0 Å². The molecule has 2 aromatic heterocycles. The summed E-state index contributed by atoms with van der Waals surface area (Å²) in [5.41, 5.74) is 3.03. The zero-order chi connectivity index (χ0) is 19.5. The number of hydrogen-bond donors (Lipinski definition) is 2. The third kappa shape index (κ3) is 4.41. The molecule has 0 saturated heterocycles. The van der Waals surface area contributed by atoms with Gasteiger partial charge in [0.15, 0.2) is 5.01 Å². The third-order valence-electron chi connectivity index (χ3n) is 4.15. The summed E-state index contributed by atoms with van der Waals surface area (Å²) in [5, 5.41) is 15.8. The maximum atomic E-state index is 12.5. The number of hydrogen-bond acceptors (Lipinski definition) is 7. The Hall–Kier alpha value is -2.26. The summed E-state index contributed by atoms with van der Waals surface area (Å²) in [5.74, 6) is 0.0442. The van der Waals surface area contributed by atoms with E-state index in [0.717, 1.165) is 19.5 Å². The normalized spacial score (nSPS) is 13.1. The largest absolute Gasteiger partial charge is 0.469 e. The summed E-state index contributed by atoms with van der Waals surface area (Å²) in [6.07, 6.45) is 2.36. The van der Waals surface area contributed by atoms with Crippen LogP contribution in [-0.4, -0.2) is 27.6 Å². The van der Waals surface area contributed by atoms with E-state index >= 15 is 0 Å². The molecule has 7 nitrogen and oxygen atoms in total. The minimum atomic E-state index is -0.215. The molecule has 4 rings (SSSR count). The van der Waals surface area contributed by atoms with Crippen LogP contribution in [-0.2, 0) is 19.6 Å². The molecule has 0 radical (unpaired) electrons. The number of anilines is 1. The number of halogens is 2. The average molecular weight is 436 g/mol. The molecule has 10 heteroatoms. The number of fused-ring (bicyclic) bond motifs is 1. The van der Waals surface area contributed by atoms with Crippen molar-refractivity contribution < 1.29 is 9.53 Å². The van der Waals surface area contributed by atoms with Gasteiger partial charge < -0.3 is 10.1 Å². The van der Waals surface area contributed by atoms with Crippen LogP contribution < -0.4 is 15.4 Å². The molecule has 3 aromatic rings. The average Bonchev–Trinajstić information content (AvgIpc) is 3.14. The van der Waals surface area contributed by atoms with Gasteiger partial charge >= 0.3 is 0 Å². The van der Waals surface area contributed by atoms with E-state index in [-0.39, 0.29) is 18.4 Å². The lowest BCUT2D eigenvalue weighted by Gasteiger charge is -2.17. The summed E-state index contributed by atoms with van der Waals surface area (Å²) in [7, 11) is 0. The molecule has 2 N–H and O–H groups in total. The van der Waals surface area contributed by atoms with Gasteiger partial charge in [0.05, 0.1) is 5.02 Å². The van der Waals surface area contributed by atoms with E-state index < -0.39 is 0 Å². The molecule has 28 heavy (non-hydrogen) atoms. The maximum absolute atomic E-state index is 12.5. The van der Waals surface area contributed by atoms with Crippen molar-refractivity contribution in [1.29, 1.82) is 0 Å². The summed E-state index contributed by atoms with van der Waals surface area (Å²) >= 11 is 13.1. The van der Waals surface area contributed by atoms with Gasteiger partial charge in [0.25, 0.3) is 5.91 Å². The number of carbonyl (C=O) groups is 1. The minimum Gasteiger partial charge on any atom is -0.469 e. The van der Waals surface area contributed by atoms with Gasteiger partial charge in [-0.1, -0.05) is 40.6 Å². The molecule has 0 spiro atoms. The predicted molar refractivity (Wildman–Crippen MR) is 108 cm³/mol. The topological polar surface area (TPSA) is 89.0 Å². The molecule has 1 amide bonds. The number of nitrogens with zero attached hydrogens (tertiary/aromatic N) is 3. The Labute approximate surface area is 175 Å². The second-order valence-electron chi connectivity index (χ2n) is 6.09. The number of ether oxygens (including phenoxy) is 1. The molecule has 0 atom stereocenters. The Morgan fingerprint density at radius 3 is 3.00 bits per heavy atom. The number of pyridine rings is 1.